The Morgan fingerprint density at radius 3 is 2.38 bits per heavy atom. The third kappa shape index (κ3) is 5.53. The van der Waals surface area contributed by atoms with Crippen LogP contribution in [0, 0.1) is 11.7 Å². The number of nitrogens with one attached hydrogen (secondary N) is 1. The molecule has 2 atom stereocenters. The second-order valence-electron chi connectivity index (χ2n) is 5.71. The van der Waals surface area contributed by atoms with Crippen LogP contribution >= 0.6 is 0 Å². The quantitative estimate of drug-likeness (QED) is 0.812. The van der Waals surface area contributed by atoms with Crippen LogP contribution in [0.5, 0.6) is 0 Å². The Morgan fingerprint density at radius 2 is 1.86 bits per heavy atom. The van der Waals surface area contributed by atoms with Gasteiger partial charge in [0.1, 0.15) is 11.9 Å². The molecule has 116 valence electrons. The van der Waals surface area contributed by atoms with Gasteiger partial charge in [-0.15, -0.1) is 0 Å². The van der Waals surface area contributed by atoms with Crippen molar-refractivity contribution in [2.75, 3.05) is 0 Å². The van der Waals surface area contributed by atoms with Crippen LogP contribution in [0.1, 0.15) is 45.1 Å². The molecule has 0 heterocycles. The Kier molecular flexibility index (Phi) is 6.34. The first-order chi connectivity index (χ1) is 9.81. The SMILES string of the molecule is CC(C)C[C@H](NC(=O)CC(C)c1ccccc1F)C(=O)O. The number of hydrogen-bond acceptors (Lipinski definition) is 2. The van der Waals surface area contributed by atoms with Crippen LogP contribution in [0.4, 0.5) is 4.39 Å². The van der Waals surface area contributed by atoms with Gasteiger partial charge in [0, 0.05) is 6.42 Å². The molecule has 2 N–H and O–H groups in total. The van der Waals surface area contributed by atoms with Crippen LogP contribution in [0.2, 0.25) is 0 Å². The lowest BCUT2D eigenvalue weighted by atomic mass is 9.96. The van der Waals surface area contributed by atoms with Crippen molar-refractivity contribution in [3.05, 3.63) is 35.6 Å². The summed E-state index contributed by atoms with van der Waals surface area (Å²) < 4.78 is 13.6. The largest absolute Gasteiger partial charge is 0.480 e. The highest BCUT2D eigenvalue weighted by molar-refractivity contribution is 5.83. The number of carboxylic acids is 1. The van der Waals surface area contributed by atoms with Gasteiger partial charge < -0.3 is 10.4 Å². The van der Waals surface area contributed by atoms with Crippen LogP contribution in [0.15, 0.2) is 24.3 Å². The molecule has 1 unspecified atom stereocenters. The van der Waals surface area contributed by atoms with E-state index in [0.29, 0.717) is 12.0 Å². The molecule has 21 heavy (non-hydrogen) atoms. The summed E-state index contributed by atoms with van der Waals surface area (Å²) in [5, 5.41) is 11.6. The van der Waals surface area contributed by atoms with E-state index in [9.17, 15) is 14.0 Å². The predicted octanol–water partition coefficient (Wildman–Crippen LogP) is 2.93. The maximum atomic E-state index is 13.6. The normalized spacial score (nSPS) is 13.8. The van der Waals surface area contributed by atoms with E-state index in [1.54, 1.807) is 25.1 Å². The monoisotopic (exact) mass is 295 g/mol. The summed E-state index contributed by atoms with van der Waals surface area (Å²) in [6.07, 6.45) is 0.429. The van der Waals surface area contributed by atoms with Gasteiger partial charge in [-0.25, -0.2) is 9.18 Å². The Labute approximate surface area is 124 Å². The molecule has 0 radical (unpaired) electrons. The third-order valence-electron chi connectivity index (χ3n) is 3.27. The summed E-state index contributed by atoms with van der Waals surface area (Å²) in [7, 11) is 0. The molecule has 0 saturated heterocycles. The van der Waals surface area contributed by atoms with E-state index < -0.39 is 12.0 Å². The lowest BCUT2D eigenvalue weighted by molar-refractivity contribution is -0.142. The number of carboxylic acid groups (broad SMARTS) is 1. The first kappa shape index (κ1) is 17.1. The summed E-state index contributed by atoms with van der Waals surface area (Å²) in [6, 6.07) is 5.39. The molecular formula is C16H22FNO3. The third-order valence-corrected chi connectivity index (χ3v) is 3.27. The van der Waals surface area contributed by atoms with Gasteiger partial charge in [-0.3, -0.25) is 4.79 Å². The highest BCUT2D eigenvalue weighted by Gasteiger charge is 2.22. The minimum Gasteiger partial charge on any atom is -0.480 e. The van der Waals surface area contributed by atoms with E-state index in [2.05, 4.69) is 5.32 Å². The van der Waals surface area contributed by atoms with E-state index in [0.717, 1.165) is 0 Å². The molecule has 5 heteroatoms. The van der Waals surface area contributed by atoms with Crippen molar-refractivity contribution in [1.29, 1.82) is 0 Å². The maximum Gasteiger partial charge on any atom is 0.326 e. The van der Waals surface area contributed by atoms with Gasteiger partial charge in [0.25, 0.3) is 0 Å². The van der Waals surface area contributed by atoms with Gasteiger partial charge in [0.15, 0.2) is 0 Å². The zero-order valence-corrected chi connectivity index (χ0v) is 12.6. The zero-order valence-electron chi connectivity index (χ0n) is 12.6. The smallest absolute Gasteiger partial charge is 0.326 e. The molecule has 0 saturated carbocycles. The molecule has 0 aliphatic heterocycles. The second kappa shape index (κ2) is 7.76. The topological polar surface area (TPSA) is 66.4 Å². The van der Waals surface area contributed by atoms with Crippen molar-refractivity contribution in [3.8, 4) is 0 Å². The van der Waals surface area contributed by atoms with E-state index >= 15 is 0 Å². The number of carbonyl (C=O) groups is 2. The van der Waals surface area contributed by atoms with Gasteiger partial charge in [-0.05, 0) is 29.9 Å². The lowest BCUT2D eigenvalue weighted by Crippen LogP contribution is -2.42. The van der Waals surface area contributed by atoms with Gasteiger partial charge in [-0.2, -0.15) is 0 Å². The number of carbonyl (C=O) groups excluding carboxylic acids is 1. The standard InChI is InChI=1S/C16H22FNO3/c1-10(2)8-14(16(20)21)18-15(19)9-11(3)12-6-4-5-7-13(12)17/h4-7,10-11,14H,8-9H2,1-3H3,(H,18,19)(H,20,21)/t11?,14-/m0/s1. The van der Waals surface area contributed by atoms with Gasteiger partial charge in [-0.1, -0.05) is 39.0 Å². The first-order valence-corrected chi connectivity index (χ1v) is 7.07. The summed E-state index contributed by atoms with van der Waals surface area (Å²) in [5.74, 6) is -1.92. The van der Waals surface area contributed by atoms with Crippen molar-refractivity contribution >= 4 is 11.9 Å². The van der Waals surface area contributed by atoms with Gasteiger partial charge in [0.2, 0.25) is 5.91 Å². The summed E-state index contributed by atoms with van der Waals surface area (Å²) in [4.78, 5) is 23.0. The molecular weight excluding hydrogens is 273 g/mol. The molecule has 0 aliphatic rings. The fourth-order valence-electron chi connectivity index (χ4n) is 2.21. The second-order valence-corrected chi connectivity index (χ2v) is 5.71. The van der Waals surface area contributed by atoms with Crippen molar-refractivity contribution in [1.82, 2.24) is 5.32 Å². The van der Waals surface area contributed by atoms with Crippen LogP contribution in [-0.2, 0) is 9.59 Å². The molecule has 1 rings (SSSR count). The average Bonchev–Trinajstić information content (AvgIpc) is 2.37. The minimum atomic E-state index is -1.05. The molecule has 0 spiro atoms. The fraction of sp³-hybridized carbons (Fsp3) is 0.500. The Morgan fingerprint density at radius 1 is 1.24 bits per heavy atom. The highest BCUT2D eigenvalue weighted by atomic mass is 19.1. The Hall–Kier alpha value is -1.91. The number of amides is 1. The number of halogens is 1. The van der Waals surface area contributed by atoms with Crippen LogP contribution in [-0.4, -0.2) is 23.0 Å². The Bertz CT molecular complexity index is 502. The van der Waals surface area contributed by atoms with Crippen molar-refractivity contribution in [3.63, 3.8) is 0 Å². The molecule has 0 bridgehead atoms. The van der Waals surface area contributed by atoms with Crippen LogP contribution in [0.25, 0.3) is 0 Å². The zero-order chi connectivity index (χ0) is 16.0. The highest BCUT2D eigenvalue weighted by Crippen LogP contribution is 2.21. The van der Waals surface area contributed by atoms with Crippen LogP contribution < -0.4 is 5.32 Å². The lowest BCUT2D eigenvalue weighted by Gasteiger charge is -2.18. The predicted molar refractivity (Wildman–Crippen MR) is 78.5 cm³/mol. The average molecular weight is 295 g/mol. The molecule has 0 aromatic heterocycles. The summed E-state index contributed by atoms with van der Waals surface area (Å²) >= 11 is 0. The summed E-state index contributed by atoms with van der Waals surface area (Å²) in [5.41, 5.74) is 0.461. The molecule has 4 nitrogen and oxygen atoms in total. The minimum absolute atomic E-state index is 0.0583. The summed E-state index contributed by atoms with van der Waals surface area (Å²) in [6.45, 7) is 5.53. The maximum absolute atomic E-state index is 13.6. The molecule has 1 amide bonds. The number of rotatable bonds is 7. The van der Waals surface area contributed by atoms with Crippen LogP contribution in [0.3, 0.4) is 0 Å². The first-order valence-electron chi connectivity index (χ1n) is 7.07. The van der Waals surface area contributed by atoms with Gasteiger partial charge >= 0.3 is 5.97 Å². The van der Waals surface area contributed by atoms with Gasteiger partial charge in [0.05, 0.1) is 0 Å². The van der Waals surface area contributed by atoms with E-state index in [1.165, 1.54) is 6.07 Å². The van der Waals surface area contributed by atoms with Crippen molar-refractivity contribution in [2.45, 2.75) is 45.6 Å². The number of aliphatic carboxylic acids is 1. The van der Waals surface area contributed by atoms with E-state index in [-0.39, 0.29) is 30.0 Å². The number of hydrogen-bond donors (Lipinski definition) is 2. The number of benzene rings is 1. The van der Waals surface area contributed by atoms with E-state index in [4.69, 9.17) is 5.11 Å². The molecule has 0 fully saturated rings. The Balaban J connectivity index is 2.64. The molecule has 1 aromatic rings. The fourth-order valence-corrected chi connectivity index (χ4v) is 2.21. The van der Waals surface area contributed by atoms with Crippen molar-refractivity contribution < 1.29 is 19.1 Å². The van der Waals surface area contributed by atoms with E-state index in [1.807, 2.05) is 13.8 Å². The molecule has 1 aromatic carbocycles. The van der Waals surface area contributed by atoms with Crippen molar-refractivity contribution in [2.24, 2.45) is 5.92 Å². The molecule has 0 aliphatic carbocycles.